The Labute approximate surface area is 157 Å². The standard InChI is InChI=1S/C18H16F4N2O2S/c19-13-4-6-14(7-5-13)24(9-8-16(23)25)17(26)11-27-15-3-1-2-12(10-15)18(20,21)22/h1-7,10H,8-9,11H2,(H2,23,25). The van der Waals surface area contributed by atoms with Gasteiger partial charge in [0.15, 0.2) is 0 Å². The molecule has 0 aliphatic rings. The maximum atomic E-state index is 13.1. The summed E-state index contributed by atoms with van der Waals surface area (Å²) in [5.74, 6) is -1.69. The van der Waals surface area contributed by atoms with Gasteiger partial charge >= 0.3 is 6.18 Å². The van der Waals surface area contributed by atoms with Crippen LogP contribution in [-0.4, -0.2) is 24.1 Å². The van der Waals surface area contributed by atoms with E-state index in [2.05, 4.69) is 0 Å². The van der Waals surface area contributed by atoms with Gasteiger partial charge in [0.1, 0.15) is 5.82 Å². The molecule has 0 saturated carbocycles. The molecule has 9 heteroatoms. The molecule has 0 radical (unpaired) electrons. The van der Waals surface area contributed by atoms with E-state index in [0.717, 1.165) is 23.9 Å². The van der Waals surface area contributed by atoms with Gasteiger partial charge in [-0.15, -0.1) is 11.8 Å². The molecule has 2 N–H and O–H groups in total. The first-order chi connectivity index (χ1) is 12.7. The second-order valence-electron chi connectivity index (χ2n) is 5.55. The predicted molar refractivity (Wildman–Crippen MR) is 94.7 cm³/mol. The Bertz CT molecular complexity index is 810. The van der Waals surface area contributed by atoms with Crippen LogP contribution in [0.4, 0.5) is 23.2 Å². The summed E-state index contributed by atoms with van der Waals surface area (Å²) in [6.45, 7) is -0.0110. The highest BCUT2D eigenvalue weighted by molar-refractivity contribution is 8.00. The highest BCUT2D eigenvalue weighted by Gasteiger charge is 2.30. The smallest absolute Gasteiger partial charge is 0.370 e. The highest BCUT2D eigenvalue weighted by Crippen LogP contribution is 2.32. The molecular weight excluding hydrogens is 384 g/mol. The number of benzene rings is 2. The van der Waals surface area contributed by atoms with Gasteiger partial charge in [0.25, 0.3) is 0 Å². The molecule has 0 saturated heterocycles. The van der Waals surface area contributed by atoms with Crippen molar-refractivity contribution in [2.24, 2.45) is 5.73 Å². The molecule has 27 heavy (non-hydrogen) atoms. The highest BCUT2D eigenvalue weighted by atomic mass is 32.2. The van der Waals surface area contributed by atoms with Crippen molar-refractivity contribution in [3.05, 3.63) is 59.9 Å². The number of hydrogen-bond acceptors (Lipinski definition) is 3. The van der Waals surface area contributed by atoms with E-state index in [1.807, 2.05) is 0 Å². The number of alkyl halides is 3. The topological polar surface area (TPSA) is 63.4 Å². The number of thioether (sulfide) groups is 1. The number of halogens is 4. The summed E-state index contributed by atoms with van der Waals surface area (Å²) in [6.07, 6.45) is -4.57. The lowest BCUT2D eigenvalue weighted by molar-refractivity contribution is -0.137. The van der Waals surface area contributed by atoms with Crippen molar-refractivity contribution in [3.63, 3.8) is 0 Å². The summed E-state index contributed by atoms with van der Waals surface area (Å²) < 4.78 is 51.4. The normalized spacial score (nSPS) is 11.3. The van der Waals surface area contributed by atoms with Crippen molar-refractivity contribution < 1.29 is 27.2 Å². The van der Waals surface area contributed by atoms with Crippen molar-refractivity contribution in [3.8, 4) is 0 Å². The molecule has 2 aromatic carbocycles. The zero-order chi connectivity index (χ0) is 20.0. The van der Waals surface area contributed by atoms with E-state index in [1.54, 1.807) is 0 Å². The molecule has 0 aromatic heterocycles. The number of amides is 2. The van der Waals surface area contributed by atoms with Gasteiger partial charge in [0, 0.05) is 23.5 Å². The van der Waals surface area contributed by atoms with E-state index >= 15 is 0 Å². The van der Waals surface area contributed by atoms with Crippen LogP contribution in [-0.2, 0) is 15.8 Å². The lowest BCUT2D eigenvalue weighted by Gasteiger charge is -2.22. The Morgan fingerprint density at radius 1 is 1.07 bits per heavy atom. The van der Waals surface area contributed by atoms with Gasteiger partial charge in [-0.1, -0.05) is 6.07 Å². The number of hydrogen-bond donors (Lipinski definition) is 1. The number of rotatable bonds is 7. The fourth-order valence-corrected chi connectivity index (χ4v) is 3.06. The summed E-state index contributed by atoms with van der Waals surface area (Å²) in [5, 5.41) is 0. The van der Waals surface area contributed by atoms with Crippen LogP contribution in [0.3, 0.4) is 0 Å². The minimum Gasteiger partial charge on any atom is -0.370 e. The van der Waals surface area contributed by atoms with Crippen molar-refractivity contribution in [2.75, 3.05) is 17.2 Å². The lowest BCUT2D eigenvalue weighted by Crippen LogP contribution is -2.35. The summed E-state index contributed by atoms with van der Waals surface area (Å²) in [5.41, 5.74) is 4.68. The maximum Gasteiger partial charge on any atom is 0.416 e. The lowest BCUT2D eigenvalue weighted by atomic mass is 10.2. The number of nitrogens with two attached hydrogens (primary N) is 1. The minimum atomic E-state index is -4.47. The van der Waals surface area contributed by atoms with Crippen LogP contribution in [0.5, 0.6) is 0 Å². The second kappa shape index (κ2) is 8.90. The maximum absolute atomic E-state index is 13.1. The third-order valence-corrected chi connectivity index (χ3v) is 4.52. The molecule has 2 amide bonds. The largest absolute Gasteiger partial charge is 0.416 e. The molecule has 0 atom stereocenters. The van der Waals surface area contributed by atoms with Crippen molar-refractivity contribution in [1.29, 1.82) is 0 Å². The molecule has 0 aliphatic carbocycles. The molecule has 0 unspecified atom stereocenters. The van der Waals surface area contributed by atoms with Crippen LogP contribution in [0.2, 0.25) is 0 Å². The van der Waals surface area contributed by atoms with Gasteiger partial charge in [-0.3, -0.25) is 9.59 Å². The number of nitrogens with zero attached hydrogens (tertiary/aromatic N) is 1. The first-order valence-corrected chi connectivity index (χ1v) is 8.79. The van der Waals surface area contributed by atoms with Gasteiger partial charge in [-0.2, -0.15) is 13.2 Å². The Kier molecular flexibility index (Phi) is 6.84. The van der Waals surface area contributed by atoms with Crippen LogP contribution in [0.15, 0.2) is 53.4 Å². The van der Waals surface area contributed by atoms with E-state index in [-0.39, 0.29) is 23.6 Å². The minimum absolute atomic E-state index is 0.0110. The fraction of sp³-hybridized carbons (Fsp3) is 0.222. The van der Waals surface area contributed by atoms with Gasteiger partial charge in [0.2, 0.25) is 11.8 Å². The average molecular weight is 400 g/mol. The van der Waals surface area contributed by atoms with Crippen LogP contribution in [0, 0.1) is 5.82 Å². The van der Waals surface area contributed by atoms with Crippen LogP contribution >= 0.6 is 11.8 Å². The number of anilines is 1. The van der Waals surface area contributed by atoms with E-state index in [0.29, 0.717) is 5.69 Å². The van der Waals surface area contributed by atoms with Gasteiger partial charge in [0.05, 0.1) is 11.3 Å². The monoisotopic (exact) mass is 400 g/mol. The first kappa shape index (κ1) is 20.8. The summed E-state index contributed by atoms with van der Waals surface area (Å²) in [4.78, 5) is 25.1. The molecule has 0 bridgehead atoms. The van der Waals surface area contributed by atoms with Crippen LogP contribution in [0.1, 0.15) is 12.0 Å². The van der Waals surface area contributed by atoms with Crippen molar-refractivity contribution >= 4 is 29.3 Å². The molecule has 0 heterocycles. The van der Waals surface area contributed by atoms with E-state index in [4.69, 9.17) is 5.73 Å². The fourth-order valence-electron chi connectivity index (χ4n) is 2.23. The Morgan fingerprint density at radius 2 is 1.74 bits per heavy atom. The van der Waals surface area contributed by atoms with Crippen molar-refractivity contribution in [2.45, 2.75) is 17.5 Å². The van der Waals surface area contributed by atoms with Crippen LogP contribution < -0.4 is 10.6 Å². The molecule has 4 nitrogen and oxygen atoms in total. The molecule has 144 valence electrons. The Morgan fingerprint density at radius 3 is 2.33 bits per heavy atom. The quantitative estimate of drug-likeness (QED) is 0.567. The summed E-state index contributed by atoms with van der Waals surface area (Å²) >= 11 is 0.938. The predicted octanol–water partition coefficient (Wildman–Crippen LogP) is 3.85. The van der Waals surface area contributed by atoms with E-state index in [9.17, 15) is 27.2 Å². The first-order valence-electron chi connectivity index (χ1n) is 7.81. The van der Waals surface area contributed by atoms with E-state index < -0.39 is 29.4 Å². The number of carbonyl (C=O) groups is 2. The molecular formula is C18H16F4N2O2S. The second-order valence-corrected chi connectivity index (χ2v) is 6.60. The molecule has 0 aliphatic heterocycles. The van der Waals surface area contributed by atoms with E-state index in [1.165, 1.54) is 41.3 Å². The number of carbonyl (C=O) groups excluding carboxylic acids is 2. The molecule has 2 rings (SSSR count). The van der Waals surface area contributed by atoms with Crippen molar-refractivity contribution in [1.82, 2.24) is 0 Å². The molecule has 2 aromatic rings. The number of primary amides is 1. The third kappa shape index (κ3) is 6.28. The Balaban J connectivity index is 2.11. The summed E-state index contributed by atoms with van der Waals surface area (Å²) in [6, 6.07) is 9.73. The molecule has 0 fully saturated rings. The van der Waals surface area contributed by atoms with Gasteiger partial charge in [-0.05, 0) is 42.5 Å². The third-order valence-electron chi connectivity index (χ3n) is 3.54. The SMILES string of the molecule is NC(=O)CCN(C(=O)CSc1cccc(C(F)(F)F)c1)c1ccc(F)cc1. The van der Waals surface area contributed by atoms with Gasteiger partial charge in [-0.25, -0.2) is 4.39 Å². The molecule has 0 spiro atoms. The Hall–Kier alpha value is -2.55. The zero-order valence-electron chi connectivity index (χ0n) is 14.0. The summed E-state index contributed by atoms with van der Waals surface area (Å²) in [7, 11) is 0. The average Bonchev–Trinajstić information content (AvgIpc) is 2.61. The van der Waals surface area contributed by atoms with Crippen LogP contribution in [0.25, 0.3) is 0 Å². The van der Waals surface area contributed by atoms with Gasteiger partial charge < -0.3 is 10.6 Å². The zero-order valence-corrected chi connectivity index (χ0v) is 14.8.